The van der Waals surface area contributed by atoms with E-state index in [4.69, 9.17) is 14.6 Å². The highest BCUT2D eigenvalue weighted by molar-refractivity contribution is 5.99. The summed E-state index contributed by atoms with van der Waals surface area (Å²) in [6.07, 6.45) is -1.80. The Labute approximate surface area is 268 Å². The zero-order valence-electron chi connectivity index (χ0n) is 25.3. The van der Waals surface area contributed by atoms with Gasteiger partial charge in [-0.25, -0.2) is 4.79 Å². The van der Waals surface area contributed by atoms with Crippen LogP contribution >= 0.6 is 0 Å². The first kappa shape index (κ1) is 32.9. The highest BCUT2D eigenvalue weighted by atomic mass is 19.4. The number of carbonyl (C=O) groups excluding carboxylic acids is 2. The zero-order chi connectivity index (χ0) is 33.9. The van der Waals surface area contributed by atoms with Gasteiger partial charge in [0.2, 0.25) is 0 Å². The Morgan fingerprint density at radius 3 is 2.30 bits per heavy atom. The van der Waals surface area contributed by atoms with Gasteiger partial charge >= 0.3 is 12.1 Å². The van der Waals surface area contributed by atoms with Crippen LogP contribution in [0.4, 0.5) is 13.2 Å². The van der Waals surface area contributed by atoms with E-state index < -0.39 is 17.6 Å². The van der Waals surface area contributed by atoms with E-state index in [-0.39, 0.29) is 29.5 Å². The van der Waals surface area contributed by atoms with E-state index in [1.54, 1.807) is 28.1 Å². The molecule has 3 aromatic rings. The van der Waals surface area contributed by atoms with Crippen molar-refractivity contribution in [3.8, 4) is 17.9 Å². The quantitative estimate of drug-likeness (QED) is 0.419. The summed E-state index contributed by atoms with van der Waals surface area (Å²) in [4.78, 5) is 43.9. The predicted molar refractivity (Wildman–Crippen MR) is 160 cm³/mol. The number of benzene rings is 2. The fraction of sp³-hybridized carbons (Fsp3) is 0.353. The largest absolute Gasteiger partial charge is 0.490 e. The number of nitriles is 2. The number of hydrogen-bond donors (Lipinski definition) is 1. The molecule has 0 bridgehead atoms. The Balaban J connectivity index is 0.000000559. The van der Waals surface area contributed by atoms with Gasteiger partial charge in [-0.15, -0.1) is 0 Å². The van der Waals surface area contributed by atoms with Crippen molar-refractivity contribution in [3.05, 3.63) is 94.3 Å². The van der Waals surface area contributed by atoms with Crippen molar-refractivity contribution in [3.63, 3.8) is 0 Å². The van der Waals surface area contributed by atoms with Crippen LogP contribution in [0.1, 0.15) is 68.3 Å². The molecule has 0 aliphatic carbocycles. The van der Waals surface area contributed by atoms with Crippen LogP contribution in [0.15, 0.2) is 60.8 Å². The average molecular weight is 646 g/mol. The van der Waals surface area contributed by atoms with Crippen molar-refractivity contribution in [2.24, 2.45) is 0 Å². The molecule has 2 unspecified atom stereocenters. The number of fused-ring (bicyclic) bond motifs is 3. The van der Waals surface area contributed by atoms with Crippen molar-refractivity contribution in [1.82, 2.24) is 14.8 Å². The van der Waals surface area contributed by atoms with Gasteiger partial charge in [0.15, 0.2) is 0 Å². The van der Waals surface area contributed by atoms with Gasteiger partial charge in [-0.05, 0) is 55.5 Å². The zero-order valence-corrected chi connectivity index (χ0v) is 25.3. The Morgan fingerprint density at radius 1 is 1.00 bits per heavy atom. The molecule has 2 fully saturated rings. The topological polar surface area (TPSA) is 148 Å². The molecule has 0 spiro atoms. The van der Waals surface area contributed by atoms with E-state index >= 15 is 0 Å². The molecule has 1 N–H and O–H groups in total. The van der Waals surface area contributed by atoms with E-state index in [2.05, 4.69) is 17.1 Å². The summed E-state index contributed by atoms with van der Waals surface area (Å²) in [6, 6.07) is 21.6. The Kier molecular flexibility index (Phi) is 9.20. The molecule has 47 heavy (non-hydrogen) atoms. The summed E-state index contributed by atoms with van der Waals surface area (Å²) in [6.45, 7) is 3.73. The van der Waals surface area contributed by atoms with Gasteiger partial charge in [-0.1, -0.05) is 36.4 Å². The number of halogens is 3. The Morgan fingerprint density at radius 2 is 1.68 bits per heavy atom. The van der Waals surface area contributed by atoms with E-state index in [9.17, 15) is 33.3 Å². The lowest BCUT2D eigenvalue weighted by molar-refractivity contribution is -0.192. The maximum absolute atomic E-state index is 13.7. The molecule has 3 aliphatic heterocycles. The maximum Gasteiger partial charge on any atom is 0.490 e. The van der Waals surface area contributed by atoms with Gasteiger partial charge in [-0.2, -0.15) is 23.7 Å². The number of likely N-dealkylation sites (tertiary alicyclic amines) is 2. The molecule has 4 heterocycles. The van der Waals surface area contributed by atoms with E-state index in [1.165, 1.54) is 0 Å². The van der Waals surface area contributed by atoms with E-state index in [1.807, 2.05) is 49.4 Å². The molecular formula is C34H30F3N5O5. The number of amides is 2. The number of piperidine rings is 2. The van der Waals surface area contributed by atoms with Crippen molar-refractivity contribution in [2.75, 3.05) is 26.2 Å². The fourth-order valence-corrected chi connectivity index (χ4v) is 6.27. The van der Waals surface area contributed by atoms with Crippen LogP contribution in [0.25, 0.3) is 0 Å². The molecule has 6 rings (SSSR count). The summed E-state index contributed by atoms with van der Waals surface area (Å²) in [7, 11) is 0. The minimum absolute atomic E-state index is 0.143. The van der Waals surface area contributed by atoms with Crippen molar-refractivity contribution < 1.29 is 37.4 Å². The maximum atomic E-state index is 13.7. The van der Waals surface area contributed by atoms with Gasteiger partial charge in [0, 0.05) is 42.9 Å². The van der Waals surface area contributed by atoms with Crippen molar-refractivity contribution in [1.29, 1.82) is 10.5 Å². The molecule has 2 saturated heterocycles. The number of hydrogen-bond acceptors (Lipinski definition) is 7. The van der Waals surface area contributed by atoms with Crippen molar-refractivity contribution in [2.45, 2.75) is 49.8 Å². The second kappa shape index (κ2) is 13.1. The molecule has 0 saturated carbocycles. The van der Waals surface area contributed by atoms with Crippen LogP contribution in [0.3, 0.4) is 0 Å². The highest BCUT2D eigenvalue weighted by Crippen LogP contribution is 2.43. The third-order valence-corrected chi connectivity index (χ3v) is 8.91. The molecule has 2 atom stereocenters. The lowest BCUT2D eigenvalue weighted by Gasteiger charge is -2.37. The van der Waals surface area contributed by atoms with Crippen LogP contribution in [-0.4, -0.2) is 76.1 Å². The fourth-order valence-electron chi connectivity index (χ4n) is 6.27. The van der Waals surface area contributed by atoms with Crippen LogP contribution in [-0.2, 0) is 10.2 Å². The number of rotatable bonds is 3. The molecule has 0 radical (unpaired) electrons. The number of aliphatic carboxylic acids is 1. The molecule has 242 valence electrons. The number of alkyl halides is 3. The first-order valence-electron chi connectivity index (χ1n) is 14.9. The number of carboxylic acids is 1. The summed E-state index contributed by atoms with van der Waals surface area (Å²) in [5.41, 5.74) is 3.44. The van der Waals surface area contributed by atoms with Crippen LogP contribution in [0, 0.1) is 29.6 Å². The third kappa shape index (κ3) is 6.75. The van der Waals surface area contributed by atoms with Gasteiger partial charge in [0.05, 0.1) is 29.7 Å². The monoisotopic (exact) mass is 645 g/mol. The molecule has 10 nitrogen and oxygen atoms in total. The highest BCUT2D eigenvalue weighted by Gasteiger charge is 2.41. The minimum atomic E-state index is -5.08. The molecule has 3 aliphatic rings. The smallest absolute Gasteiger partial charge is 0.488 e. The number of aromatic nitrogens is 1. The number of aryl methyl sites for hydroxylation is 1. The lowest BCUT2D eigenvalue weighted by Crippen LogP contribution is -2.46. The molecule has 13 heteroatoms. The summed E-state index contributed by atoms with van der Waals surface area (Å²) in [5.74, 6) is -2.21. The minimum Gasteiger partial charge on any atom is -0.488 e. The average Bonchev–Trinajstić information content (AvgIpc) is 3.45. The number of nitrogens with zero attached hydrogens (tertiary/aromatic N) is 5. The van der Waals surface area contributed by atoms with E-state index in [0.29, 0.717) is 55.7 Å². The first-order valence-corrected chi connectivity index (χ1v) is 14.9. The molecule has 2 amide bonds. The Hall–Kier alpha value is -5.43. The lowest BCUT2D eigenvalue weighted by atomic mass is 9.74. The predicted octanol–water partition coefficient (Wildman–Crippen LogP) is 4.98. The van der Waals surface area contributed by atoms with Crippen LogP contribution in [0.2, 0.25) is 0 Å². The number of pyridine rings is 1. The van der Waals surface area contributed by atoms with Crippen LogP contribution in [0.5, 0.6) is 5.75 Å². The normalized spacial score (nSPS) is 19.4. The summed E-state index contributed by atoms with van der Waals surface area (Å²) >= 11 is 0. The molecule has 1 aromatic heterocycles. The third-order valence-electron chi connectivity index (χ3n) is 8.91. The van der Waals surface area contributed by atoms with Gasteiger partial charge < -0.3 is 19.6 Å². The van der Waals surface area contributed by atoms with Gasteiger partial charge in [0.25, 0.3) is 11.8 Å². The van der Waals surface area contributed by atoms with Gasteiger partial charge in [0.1, 0.15) is 17.5 Å². The second-order valence-corrected chi connectivity index (χ2v) is 11.7. The summed E-state index contributed by atoms with van der Waals surface area (Å²) in [5, 5.41) is 26.3. The van der Waals surface area contributed by atoms with Crippen molar-refractivity contribution >= 4 is 17.8 Å². The van der Waals surface area contributed by atoms with Gasteiger partial charge in [-0.3, -0.25) is 14.6 Å². The molecular weight excluding hydrogens is 615 g/mol. The Bertz CT molecular complexity index is 1780. The SMILES string of the molecule is Cc1cnc(C(=O)N2CCC(C#N)(c3ccccc3)CC2)cc1C(=O)N1CCC2c3ccc(C#N)cc3OC2C1.O=C(O)C(F)(F)F. The van der Waals surface area contributed by atoms with Crippen LogP contribution < -0.4 is 4.74 Å². The second-order valence-electron chi connectivity index (χ2n) is 11.7. The number of ether oxygens (including phenoxy) is 1. The standard InChI is InChI=1S/C32H29N5O3.C2HF3O2/c1-21-18-35-27(31(39)36-13-10-32(20-34,11-14-36)23-5-3-2-4-6-23)16-26(21)30(38)37-12-9-25-24-8-7-22(17-33)15-28(24)40-29(25)19-37;3-2(4,5)1(6)7/h2-8,15-16,18,25,29H,9-14,19H2,1H3;(H,6,7). The first-order chi connectivity index (χ1) is 22.4. The number of carboxylic acid groups (broad SMARTS) is 1. The molecule has 2 aromatic carbocycles. The number of carbonyl (C=O) groups is 3. The van der Waals surface area contributed by atoms with E-state index in [0.717, 1.165) is 23.3 Å². The summed E-state index contributed by atoms with van der Waals surface area (Å²) < 4.78 is 37.9.